The zero-order chi connectivity index (χ0) is 12.2. The summed E-state index contributed by atoms with van der Waals surface area (Å²) in [5.41, 5.74) is 0.668. The van der Waals surface area contributed by atoms with E-state index in [2.05, 4.69) is 3.27 Å². The fourth-order valence-electron chi connectivity index (χ4n) is 0.867. The van der Waals surface area contributed by atoms with Gasteiger partial charge in [-0.2, -0.15) is 0 Å². The topological polar surface area (TPSA) is 107 Å². The summed E-state index contributed by atoms with van der Waals surface area (Å²) < 4.78 is 32.9. The molecule has 0 atom stereocenters. The van der Waals surface area contributed by atoms with Crippen molar-refractivity contribution in [3.63, 3.8) is 0 Å². The Kier molecular flexibility index (Phi) is 4.39. The van der Waals surface area contributed by atoms with Gasteiger partial charge in [-0.3, -0.25) is 0 Å². The normalized spacial score (nSPS) is 11.3. The van der Waals surface area contributed by atoms with Crippen LogP contribution < -0.4 is 0 Å². The molecule has 1 N–H and O–H groups in total. The van der Waals surface area contributed by atoms with Gasteiger partial charge in [-0.05, 0) is 0 Å². The number of hydrogen-bond donors (Lipinski definition) is 1. The first kappa shape index (κ1) is 13.1. The summed E-state index contributed by atoms with van der Waals surface area (Å²) in [6.45, 7) is 0. The molecule has 0 unspecified atom stereocenters. The fourth-order valence-corrected chi connectivity index (χ4v) is 2.79. The molecule has 7 nitrogen and oxygen atoms in total. The Bertz CT molecular complexity index is 470. The van der Waals surface area contributed by atoms with Crippen LogP contribution in [0.5, 0.6) is 0 Å². The molecular weight excluding hydrogens is 305 g/mol. The quantitative estimate of drug-likeness (QED) is 0.368. The van der Waals surface area contributed by atoms with E-state index in [1.165, 1.54) is 24.3 Å². The number of hydrogen-bond acceptors (Lipinski definition) is 5. The number of nitrogens with zero attached hydrogens (tertiary/aromatic N) is 1. The summed E-state index contributed by atoms with van der Waals surface area (Å²) in [4.78, 5) is 9.81. The minimum absolute atomic E-state index is 0.0352. The number of benzene rings is 1. The number of nitro groups is 1. The molecule has 0 heterocycles. The van der Waals surface area contributed by atoms with Crippen LogP contribution in [0.25, 0.3) is 0 Å². The monoisotopic (exact) mass is 313 g/mol. The van der Waals surface area contributed by atoms with Gasteiger partial charge in [-0.15, -0.1) is 0 Å². The van der Waals surface area contributed by atoms with Crippen LogP contribution in [0.3, 0.4) is 0 Å². The minimum atomic E-state index is -4.40. The van der Waals surface area contributed by atoms with Gasteiger partial charge in [0.05, 0.1) is 0 Å². The third-order valence-electron chi connectivity index (χ3n) is 1.51. The van der Waals surface area contributed by atoms with Crippen LogP contribution >= 0.6 is 0 Å². The van der Waals surface area contributed by atoms with E-state index in [0.29, 0.717) is 10.9 Å². The Morgan fingerprint density at radius 2 is 1.94 bits per heavy atom. The van der Waals surface area contributed by atoms with Crippen molar-refractivity contribution < 1.29 is 21.2 Å². The summed E-state index contributed by atoms with van der Waals surface area (Å²) in [7, 11) is -4.40. The predicted molar refractivity (Wildman–Crippen MR) is 55.2 cm³/mol. The second kappa shape index (κ2) is 5.37. The summed E-state index contributed by atoms with van der Waals surface area (Å²) in [5.74, 6) is 0. The summed E-state index contributed by atoms with van der Waals surface area (Å²) in [6.07, 6.45) is 0. The van der Waals surface area contributed by atoms with Crippen LogP contribution in [-0.2, 0) is 19.0 Å². The molecule has 0 aromatic heterocycles. The van der Waals surface area contributed by atoms with Crippen LogP contribution in [0.4, 0.5) is 5.69 Å². The standard InChI is InChI=1S/C7H7NO6SSe/c9-8(10)7-3-1-6(2-4-7)5-16-14-15(11,12)13/h1-4H,5H2,(H,11,12,13). The number of rotatable bonds is 5. The van der Waals surface area contributed by atoms with E-state index in [1.54, 1.807) is 0 Å². The maximum absolute atomic E-state index is 10.3. The second-order valence-corrected chi connectivity index (χ2v) is 5.63. The summed E-state index contributed by atoms with van der Waals surface area (Å²) >= 11 is -0.760. The Morgan fingerprint density at radius 3 is 2.38 bits per heavy atom. The zero-order valence-corrected chi connectivity index (χ0v) is 10.3. The molecule has 0 aliphatic heterocycles. The molecule has 0 saturated heterocycles. The van der Waals surface area contributed by atoms with E-state index < -0.39 is 30.6 Å². The van der Waals surface area contributed by atoms with E-state index in [-0.39, 0.29) is 5.69 Å². The molecule has 0 fully saturated rings. The van der Waals surface area contributed by atoms with Gasteiger partial charge in [0.1, 0.15) is 0 Å². The van der Waals surface area contributed by atoms with E-state index in [4.69, 9.17) is 4.55 Å². The van der Waals surface area contributed by atoms with Crippen molar-refractivity contribution in [2.75, 3.05) is 0 Å². The molecule has 0 bridgehead atoms. The van der Waals surface area contributed by atoms with Gasteiger partial charge >= 0.3 is 97.8 Å². The van der Waals surface area contributed by atoms with Gasteiger partial charge in [0.15, 0.2) is 0 Å². The van der Waals surface area contributed by atoms with Gasteiger partial charge in [-0.1, -0.05) is 0 Å². The van der Waals surface area contributed by atoms with Crippen molar-refractivity contribution in [3.05, 3.63) is 39.9 Å². The molecule has 88 valence electrons. The molecule has 1 rings (SSSR count). The molecule has 0 aliphatic carbocycles. The molecule has 0 spiro atoms. The Labute approximate surface area is 98.0 Å². The first-order valence-corrected chi connectivity index (χ1v) is 7.18. The summed E-state index contributed by atoms with van der Waals surface area (Å²) in [5, 5.41) is 10.6. The van der Waals surface area contributed by atoms with Crippen molar-refractivity contribution in [2.24, 2.45) is 0 Å². The molecule has 0 saturated carbocycles. The van der Waals surface area contributed by atoms with Gasteiger partial charge < -0.3 is 0 Å². The second-order valence-electron chi connectivity index (χ2n) is 2.68. The van der Waals surface area contributed by atoms with Crippen molar-refractivity contribution in [3.8, 4) is 0 Å². The fraction of sp³-hybridized carbons (Fsp3) is 0.143. The van der Waals surface area contributed by atoms with Crippen LogP contribution in [0, 0.1) is 10.1 Å². The first-order valence-electron chi connectivity index (χ1n) is 3.90. The average molecular weight is 312 g/mol. The van der Waals surface area contributed by atoms with E-state index in [1.807, 2.05) is 0 Å². The van der Waals surface area contributed by atoms with Gasteiger partial charge in [0.25, 0.3) is 0 Å². The zero-order valence-electron chi connectivity index (χ0n) is 7.77. The molecular formula is C7H7NO6SSe. The molecule has 0 radical (unpaired) electrons. The Hall–Kier alpha value is -0.991. The Balaban J connectivity index is 2.53. The van der Waals surface area contributed by atoms with Crippen molar-refractivity contribution in [2.45, 2.75) is 5.32 Å². The van der Waals surface area contributed by atoms with E-state index >= 15 is 0 Å². The summed E-state index contributed by atoms with van der Waals surface area (Å²) in [6, 6.07) is 5.65. The van der Waals surface area contributed by atoms with Crippen molar-refractivity contribution in [1.29, 1.82) is 0 Å². The molecule has 1 aromatic rings. The van der Waals surface area contributed by atoms with Gasteiger partial charge in [0, 0.05) is 0 Å². The van der Waals surface area contributed by atoms with Gasteiger partial charge in [-0.25, -0.2) is 0 Å². The van der Waals surface area contributed by atoms with Crippen molar-refractivity contribution >= 4 is 31.4 Å². The molecule has 0 amide bonds. The average Bonchev–Trinajstić information content (AvgIpc) is 2.16. The number of nitro benzene ring substituents is 1. The predicted octanol–water partition coefficient (Wildman–Crippen LogP) is 0.533. The third kappa shape index (κ3) is 4.69. The van der Waals surface area contributed by atoms with E-state index in [9.17, 15) is 18.5 Å². The van der Waals surface area contributed by atoms with Crippen LogP contribution in [0.15, 0.2) is 24.3 Å². The SMILES string of the molecule is O=[N+]([O-])c1ccc(C[Se]OS(=O)(=O)O)cc1. The Morgan fingerprint density at radius 1 is 1.38 bits per heavy atom. The van der Waals surface area contributed by atoms with Crippen LogP contribution in [0.2, 0.25) is 0 Å². The van der Waals surface area contributed by atoms with E-state index in [0.717, 1.165) is 0 Å². The van der Waals surface area contributed by atoms with Crippen molar-refractivity contribution in [1.82, 2.24) is 0 Å². The molecule has 0 aliphatic rings. The van der Waals surface area contributed by atoms with Crippen LogP contribution in [0.1, 0.15) is 5.56 Å². The first-order chi connectivity index (χ1) is 7.38. The number of non-ortho nitro benzene ring substituents is 1. The van der Waals surface area contributed by atoms with Crippen LogP contribution in [-0.4, -0.2) is 33.2 Å². The molecule has 9 heteroatoms. The molecule has 1 aromatic carbocycles. The third-order valence-corrected chi connectivity index (χ3v) is 4.41. The maximum atomic E-state index is 10.3. The van der Waals surface area contributed by atoms with Gasteiger partial charge in [0.2, 0.25) is 0 Å². The molecule has 16 heavy (non-hydrogen) atoms.